The van der Waals surface area contributed by atoms with Gasteiger partial charge < -0.3 is 10.6 Å². The van der Waals surface area contributed by atoms with Crippen molar-refractivity contribution >= 4 is 55.7 Å². The van der Waals surface area contributed by atoms with Gasteiger partial charge in [-0.3, -0.25) is 9.89 Å². The number of amides is 1. The molecule has 8 nitrogen and oxygen atoms in total. The van der Waals surface area contributed by atoms with Crippen LogP contribution in [0, 0.1) is 5.92 Å². The molecule has 0 fully saturated rings. The number of anilines is 3. The number of nitrogens with zero attached hydrogens (tertiary/aromatic N) is 4. The first-order valence-corrected chi connectivity index (χ1v) is 11.2. The van der Waals surface area contributed by atoms with E-state index < -0.39 is 0 Å². The molecule has 1 aromatic carbocycles. The minimum absolute atomic E-state index is 0.0182. The van der Waals surface area contributed by atoms with E-state index in [2.05, 4.69) is 35.8 Å². The summed E-state index contributed by atoms with van der Waals surface area (Å²) in [7, 11) is 0. The fraction of sp³-hybridized carbons (Fsp3) is 0.174. The standard InChI is InChI=1S/C23H19N7OS/c31-22(29-19-3-1-2-8-24-19)13-4-6-16-18(10-13)32-23-20(16)21(25-12-26-23)28-15-5-7-17-14(9-15)11-27-30-17/h1-3,5,7-9,11-13H,4,6,10H2,(H,27,30)(H,24,29,31)(H,25,26,28). The van der Waals surface area contributed by atoms with Gasteiger partial charge in [-0.05, 0) is 55.2 Å². The molecule has 0 saturated heterocycles. The lowest BCUT2D eigenvalue weighted by Crippen LogP contribution is -2.27. The fourth-order valence-corrected chi connectivity index (χ4v) is 5.52. The molecular formula is C23H19N7OS. The number of aryl methyl sites for hydroxylation is 1. The van der Waals surface area contributed by atoms with Gasteiger partial charge in [-0.2, -0.15) is 5.10 Å². The Morgan fingerprint density at radius 1 is 1.16 bits per heavy atom. The van der Waals surface area contributed by atoms with Crippen molar-refractivity contribution in [2.45, 2.75) is 19.3 Å². The Labute approximate surface area is 187 Å². The molecule has 0 aliphatic heterocycles. The Hall–Kier alpha value is -3.85. The maximum Gasteiger partial charge on any atom is 0.229 e. The first-order valence-electron chi connectivity index (χ1n) is 10.4. The monoisotopic (exact) mass is 441 g/mol. The van der Waals surface area contributed by atoms with Crippen molar-refractivity contribution in [2.24, 2.45) is 5.92 Å². The maximum absolute atomic E-state index is 12.8. The number of hydrogen-bond acceptors (Lipinski definition) is 7. The van der Waals surface area contributed by atoms with Crippen molar-refractivity contribution in [3.63, 3.8) is 0 Å². The van der Waals surface area contributed by atoms with Crippen molar-refractivity contribution < 1.29 is 4.79 Å². The molecule has 9 heteroatoms. The Balaban J connectivity index is 1.28. The molecule has 1 aliphatic rings. The number of thiophene rings is 1. The fourth-order valence-electron chi connectivity index (χ4n) is 4.25. The normalized spacial score (nSPS) is 15.6. The summed E-state index contributed by atoms with van der Waals surface area (Å²) in [6.45, 7) is 0. The van der Waals surface area contributed by atoms with Gasteiger partial charge >= 0.3 is 0 Å². The first kappa shape index (κ1) is 18.9. The summed E-state index contributed by atoms with van der Waals surface area (Å²) in [6, 6.07) is 11.6. The summed E-state index contributed by atoms with van der Waals surface area (Å²) in [6.07, 6.45) is 7.38. The number of H-pyrrole nitrogens is 1. The van der Waals surface area contributed by atoms with E-state index in [0.29, 0.717) is 12.2 Å². The number of nitrogens with one attached hydrogen (secondary N) is 3. The van der Waals surface area contributed by atoms with E-state index >= 15 is 0 Å². The number of pyridine rings is 1. The van der Waals surface area contributed by atoms with Crippen LogP contribution in [0.15, 0.2) is 55.1 Å². The molecule has 1 atom stereocenters. The highest BCUT2D eigenvalue weighted by molar-refractivity contribution is 7.19. The Bertz CT molecular complexity index is 1440. The maximum atomic E-state index is 12.8. The second kappa shape index (κ2) is 7.69. The third-order valence-electron chi connectivity index (χ3n) is 5.84. The van der Waals surface area contributed by atoms with Crippen LogP contribution in [-0.2, 0) is 17.6 Å². The van der Waals surface area contributed by atoms with Gasteiger partial charge in [0.15, 0.2) is 0 Å². The molecule has 6 rings (SSSR count). The molecular weight excluding hydrogens is 422 g/mol. The molecule has 1 unspecified atom stereocenters. The summed E-state index contributed by atoms with van der Waals surface area (Å²) < 4.78 is 0. The quantitative estimate of drug-likeness (QED) is 0.380. The van der Waals surface area contributed by atoms with Gasteiger partial charge in [-0.1, -0.05) is 6.07 Å². The van der Waals surface area contributed by atoms with E-state index in [4.69, 9.17) is 0 Å². The Morgan fingerprint density at radius 2 is 2.12 bits per heavy atom. The summed E-state index contributed by atoms with van der Waals surface area (Å²) in [5.41, 5.74) is 3.19. The zero-order valence-corrected chi connectivity index (χ0v) is 17.8. The van der Waals surface area contributed by atoms with E-state index in [-0.39, 0.29) is 11.8 Å². The molecule has 0 spiro atoms. The van der Waals surface area contributed by atoms with Crippen molar-refractivity contribution in [2.75, 3.05) is 10.6 Å². The van der Waals surface area contributed by atoms with E-state index in [1.54, 1.807) is 36.1 Å². The van der Waals surface area contributed by atoms with E-state index in [1.165, 1.54) is 10.4 Å². The molecule has 1 amide bonds. The number of aromatic amines is 1. The first-order chi connectivity index (χ1) is 15.7. The van der Waals surface area contributed by atoms with Crippen LogP contribution in [0.4, 0.5) is 17.3 Å². The summed E-state index contributed by atoms with van der Waals surface area (Å²) in [5.74, 6) is 1.33. The van der Waals surface area contributed by atoms with Gasteiger partial charge in [-0.15, -0.1) is 11.3 Å². The minimum Gasteiger partial charge on any atom is -0.340 e. The molecule has 4 aromatic heterocycles. The molecule has 4 heterocycles. The van der Waals surface area contributed by atoms with Gasteiger partial charge in [0, 0.05) is 28.1 Å². The van der Waals surface area contributed by atoms with Gasteiger partial charge in [0.05, 0.1) is 17.1 Å². The smallest absolute Gasteiger partial charge is 0.229 e. The van der Waals surface area contributed by atoms with Crippen LogP contribution in [0.25, 0.3) is 21.1 Å². The number of aromatic nitrogens is 5. The molecule has 158 valence electrons. The number of carbonyl (C=O) groups excluding carboxylic acids is 1. The van der Waals surface area contributed by atoms with E-state index in [0.717, 1.165) is 45.5 Å². The SMILES string of the molecule is O=C(Nc1ccccn1)C1CCc2c(sc3ncnc(Nc4ccc5[nH]ncc5c4)c23)C1. The number of fused-ring (bicyclic) bond motifs is 4. The van der Waals surface area contributed by atoms with E-state index in [9.17, 15) is 4.79 Å². The molecule has 0 bridgehead atoms. The highest BCUT2D eigenvalue weighted by Gasteiger charge is 2.29. The van der Waals surface area contributed by atoms with Crippen LogP contribution in [-0.4, -0.2) is 31.1 Å². The Morgan fingerprint density at radius 3 is 3.03 bits per heavy atom. The average Bonchev–Trinajstić information content (AvgIpc) is 3.43. The number of rotatable bonds is 4. The van der Waals surface area contributed by atoms with Crippen molar-refractivity contribution in [1.29, 1.82) is 0 Å². The van der Waals surface area contributed by atoms with Crippen molar-refractivity contribution in [1.82, 2.24) is 25.1 Å². The van der Waals surface area contributed by atoms with Crippen LogP contribution in [0.1, 0.15) is 16.9 Å². The van der Waals surface area contributed by atoms with Crippen LogP contribution < -0.4 is 10.6 Å². The highest BCUT2D eigenvalue weighted by atomic mass is 32.1. The van der Waals surface area contributed by atoms with E-state index in [1.807, 2.05) is 30.3 Å². The Kier molecular flexibility index (Phi) is 4.53. The van der Waals surface area contributed by atoms with Crippen molar-refractivity contribution in [3.8, 4) is 0 Å². The number of hydrogen-bond donors (Lipinski definition) is 3. The van der Waals surface area contributed by atoms with Gasteiger partial charge in [0.1, 0.15) is 22.8 Å². The van der Waals surface area contributed by atoms with Crippen LogP contribution in [0.3, 0.4) is 0 Å². The zero-order chi connectivity index (χ0) is 21.5. The lowest BCUT2D eigenvalue weighted by molar-refractivity contribution is -0.120. The lowest BCUT2D eigenvalue weighted by atomic mass is 9.87. The van der Waals surface area contributed by atoms with Gasteiger partial charge in [0.2, 0.25) is 5.91 Å². The highest BCUT2D eigenvalue weighted by Crippen LogP contribution is 2.40. The molecule has 1 aliphatic carbocycles. The predicted molar refractivity (Wildman–Crippen MR) is 125 cm³/mol. The van der Waals surface area contributed by atoms with Crippen LogP contribution in [0.2, 0.25) is 0 Å². The lowest BCUT2D eigenvalue weighted by Gasteiger charge is -2.21. The third-order valence-corrected chi connectivity index (χ3v) is 7.00. The number of benzene rings is 1. The van der Waals surface area contributed by atoms with Gasteiger partial charge in [0.25, 0.3) is 0 Å². The van der Waals surface area contributed by atoms with Gasteiger partial charge in [-0.25, -0.2) is 15.0 Å². The predicted octanol–water partition coefficient (Wildman–Crippen LogP) is 4.45. The minimum atomic E-state index is -0.0783. The van der Waals surface area contributed by atoms with Crippen LogP contribution in [0.5, 0.6) is 0 Å². The molecule has 0 radical (unpaired) electrons. The number of carbonyl (C=O) groups is 1. The summed E-state index contributed by atoms with van der Waals surface area (Å²) in [4.78, 5) is 28.2. The molecule has 0 saturated carbocycles. The zero-order valence-electron chi connectivity index (χ0n) is 17.0. The second-order valence-electron chi connectivity index (χ2n) is 7.85. The summed E-state index contributed by atoms with van der Waals surface area (Å²) in [5, 5.41) is 15.5. The van der Waals surface area contributed by atoms with Crippen molar-refractivity contribution in [3.05, 3.63) is 65.6 Å². The van der Waals surface area contributed by atoms with Crippen LogP contribution >= 0.6 is 11.3 Å². The largest absolute Gasteiger partial charge is 0.340 e. The molecule has 3 N–H and O–H groups in total. The molecule has 5 aromatic rings. The summed E-state index contributed by atoms with van der Waals surface area (Å²) >= 11 is 1.65. The topological polar surface area (TPSA) is 108 Å². The third kappa shape index (κ3) is 3.36. The molecule has 32 heavy (non-hydrogen) atoms. The average molecular weight is 442 g/mol. The second-order valence-corrected chi connectivity index (χ2v) is 8.93.